The smallest absolute Gasteiger partial charge is 0.255 e. The second-order valence-electron chi connectivity index (χ2n) is 6.86. The number of methoxy groups -OCH3 is 1. The van der Waals surface area contributed by atoms with E-state index in [-0.39, 0.29) is 18.6 Å². The topological polar surface area (TPSA) is 115 Å². The Morgan fingerprint density at radius 3 is 2.74 bits per heavy atom. The Hall–Kier alpha value is -4.01. The number of fused-ring (bicyclic) bond motifs is 2. The van der Waals surface area contributed by atoms with Crippen LogP contribution < -0.4 is 24.8 Å². The van der Waals surface area contributed by atoms with Gasteiger partial charge in [0.05, 0.1) is 29.3 Å². The van der Waals surface area contributed by atoms with Crippen LogP contribution in [-0.4, -0.2) is 49.0 Å². The van der Waals surface area contributed by atoms with E-state index in [1.54, 1.807) is 12.1 Å². The number of benzene rings is 2. The third-order valence-corrected chi connectivity index (χ3v) is 4.77. The van der Waals surface area contributed by atoms with E-state index < -0.39 is 0 Å². The minimum absolute atomic E-state index is 0.148. The number of rotatable bonds is 7. The standard InChI is InChI=1S/C22H22N4O5/c1-13(27)23-9-10-24-22(28)15-5-7-17-20(21(15)29-2)16(25-26-17)6-3-14-4-8-18-19(11-14)31-12-30-18/h3-8,11H,9-10,12H2,1-2H3,(H,23,27)(H,24,28)(H,25,26). The Morgan fingerprint density at radius 2 is 1.94 bits per heavy atom. The summed E-state index contributed by atoms with van der Waals surface area (Å²) in [5.41, 5.74) is 2.69. The SMILES string of the molecule is COc1c(C(=O)NCCNC(C)=O)ccc2[nH]nc(C=Cc3ccc4c(c3)OCO4)c12. The molecule has 2 aromatic carbocycles. The molecule has 31 heavy (non-hydrogen) atoms. The van der Waals surface area contributed by atoms with Crippen LogP contribution in [0.2, 0.25) is 0 Å². The van der Waals surface area contributed by atoms with Crippen molar-refractivity contribution in [2.24, 2.45) is 0 Å². The van der Waals surface area contributed by atoms with Gasteiger partial charge in [-0.15, -0.1) is 0 Å². The second kappa shape index (κ2) is 8.78. The highest BCUT2D eigenvalue weighted by Crippen LogP contribution is 2.34. The fraction of sp³-hybridized carbons (Fsp3) is 0.227. The molecule has 2 heterocycles. The molecule has 0 saturated carbocycles. The minimum Gasteiger partial charge on any atom is -0.495 e. The summed E-state index contributed by atoms with van der Waals surface area (Å²) >= 11 is 0. The van der Waals surface area contributed by atoms with E-state index in [1.165, 1.54) is 14.0 Å². The van der Waals surface area contributed by atoms with E-state index in [0.717, 1.165) is 16.8 Å². The van der Waals surface area contributed by atoms with Crippen molar-refractivity contribution in [3.8, 4) is 17.2 Å². The molecule has 160 valence electrons. The first kappa shape index (κ1) is 20.3. The molecular formula is C22H22N4O5. The Labute approximate surface area is 178 Å². The number of amides is 2. The third kappa shape index (κ3) is 4.30. The molecule has 9 heteroatoms. The lowest BCUT2D eigenvalue weighted by Crippen LogP contribution is -2.33. The van der Waals surface area contributed by atoms with Crippen molar-refractivity contribution in [3.63, 3.8) is 0 Å². The molecule has 2 amide bonds. The number of aromatic amines is 1. The minimum atomic E-state index is -0.295. The number of aromatic nitrogens is 2. The van der Waals surface area contributed by atoms with Crippen molar-refractivity contribution in [2.75, 3.05) is 27.0 Å². The van der Waals surface area contributed by atoms with Gasteiger partial charge in [0.25, 0.3) is 5.91 Å². The van der Waals surface area contributed by atoms with Crippen molar-refractivity contribution < 1.29 is 23.8 Å². The maximum absolute atomic E-state index is 12.7. The number of H-pyrrole nitrogens is 1. The van der Waals surface area contributed by atoms with E-state index in [0.29, 0.717) is 41.2 Å². The van der Waals surface area contributed by atoms with E-state index in [9.17, 15) is 9.59 Å². The van der Waals surface area contributed by atoms with Gasteiger partial charge in [-0.05, 0) is 35.9 Å². The number of nitrogens with one attached hydrogen (secondary N) is 3. The monoisotopic (exact) mass is 422 g/mol. The second-order valence-corrected chi connectivity index (χ2v) is 6.86. The molecule has 4 rings (SSSR count). The zero-order valence-corrected chi connectivity index (χ0v) is 17.2. The van der Waals surface area contributed by atoms with Crippen molar-refractivity contribution in [3.05, 3.63) is 47.2 Å². The molecule has 0 fully saturated rings. The van der Waals surface area contributed by atoms with Crippen molar-refractivity contribution >= 4 is 34.9 Å². The highest BCUT2D eigenvalue weighted by molar-refractivity contribution is 6.05. The van der Waals surface area contributed by atoms with Crippen molar-refractivity contribution in [1.82, 2.24) is 20.8 Å². The first-order chi connectivity index (χ1) is 15.1. The van der Waals surface area contributed by atoms with Gasteiger partial charge in [-0.3, -0.25) is 14.7 Å². The highest BCUT2D eigenvalue weighted by Gasteiger charge is 2.19. The Bertz CT molecular complexity index is 1170. The van der Waals surface area contributed by atoms with Crippen LogP contribution >= 0.6 is 0 Å². The summed E-state index contributed by atoms with van der Waals surface area (Å²) in [6.45, 7) is 2.30. The van der Waals surface area contributed by atoms with Gasteiger partial charge in [0.1, 0.15) is 5.75 Å². The normalized spacial score (nSPS) is 12.3. The van der Waals surface area contributed by atoms with E-state index in [2.05, 4.69) is 20.8 Å². The third-order valence-electron chi connectivity index (χ3n) is 4.77. The average molecular weight is 422 g/mol. The van der Waals surface area contributed by atoms with Crippen LogP contribution in [0.1, 0.15) is 28.5 Å². The Balaban J connectivity index is 1.59. The Morgan fingerprint density at radius 1 is 1.13 bits per heavy atom. The molecule has 0 atom stereocenters. The van der Waals surface area contributed by atoms with Gasteiger partial charge < -0.3 is 24.8 Å². The Kier molecular flexibility index (Phi) is 5.74. The molecule has 1 aliphatic rings. The van der Waals surface area contributed by atoms with Gasteiger partial charge in [0, 0.05) is 20.0 Å². The highest BCUT2D eigenvalue weighted by atomic mass is 16.7. The van der Waals surface area contributed by atoms with Crippen LogP contribution in [0.25, 0.3) is 23.1 Å². The molecule has 3 aromatic rings. The van der Waals surface area contributed by atoms with Crippen LogP contribution in [0.4, 0.5) is 0 Å². The summed E-state index contributed by atoms with van der Waals surface area (Å²) < 4.78 is 16.3. The summed E-state index contributed by atoms with van der Waals surface area (Å²) in [6, 6.07) is 9.13. The van der Waals surface area contributed by atoms with E-state index in [1.807, 2.05) is 30.4 Å². The quantitative estimate of drug-likeness (QED) is 0.504. The summed E-state index contributed by atoms with van der Waals surface area (Å²) in [5.74, 6) is 1.40. The number of ether oxygens (including phenoxy) is 3. The molecule has 9 nitrogen and oxygen atoms in total. The van der Waals surface area contributed by atoms with Crippen LogP contribution in [0.3, 0.4) is 0 Å². The number of hydrogen-bond acceptors (Lipinski definition) is 6. The maximum Gasteiger partial charge on any atom is 0.255 e. The van der Waals surface area contributed by atoms with E-state index in [4.69, 9.17) is 14.2 Å². The maximum atomic E-state index is 12.7. The van der Waals surface area contributed by atoms with Gasteiger partial charge in [-0.1, -0.05) is 12.1 Å². The van der Waals surface area contributed by atoms with Gasteiger partial charge in [-0.2, -0.15) is 5.10 Å². The molecule has 0 saturated heterocycles. The number of carbonyl (C=O) groups is 2. The molecule has 0 aliphatic carbocycles. The zero-order chi connectivity index (χ0) is 21.8. The summed E-state index contributed by atoms with van der Waals surface area (Å²) in [7, 11) is 1.52. The van der Waals surface area contributed by atoms with Gasteiger partial charge in [0.2, 0.25) is 12.7 Å². The van der Waals surface area contributed by atoms with Crippen LogP contribution in [0.15, 0.2) is 30.3 Å². The molecule has 0 unspecified atom stereocenters. The average Bonchev–Trinajstić information content (AvgIpc) is 3.40. The molecule has 0 radical (unpaired) electrons. The zero-order valence-electron chi connectivity index (χ0n) is 17.2. The summed E-state index contributed by atoms with van der Waals surface area (Å²) in [4.78, 5) is 23.6. The molecule has 1 aromatic heterocycles. The predicted octanol–water partition coefficient (Wildman–Crippen LogP) is 2.34. The number of carbonyl (C=O) groups excluding carboxylic acids is 2. The lowest BCUT2D eigenvalue weighted by molar-refractivity contribution is -0.118. The molecule has 0 bridgehead atoms. The van der Waals surface area contributed by atoms with Gasteiger partial charge >= 0.3 is 0 Å². The summed E-state index contributed by atoms with van der Waals surface area (Å²) in [5, 5.41) is 13.4. The van der Waals surface area contributed by atoms with E-state index >= 15 is 0 Å². The van der Waals surface area contributed by atoms with Crippen molar-refractivity contribution in [2.45, 2.75) is 6.92 Å². The predicted molar refractivity (Wildman–Crippen MR) is 115 cm³/mol. The first-order valence-corrected chi connectivity index (χ1v) is 9.72. The first-order valence-electron chi connectivity index (χ1n) is 9.72. The summed E-state index contributed by atoms with van der Waals surface area (Å²) in [6.07, 6.45) is 3.74. The van der Waals surface area contributed by atoms with Gasteiger partial charge in [0.15, 0.2) is 11.5 Å². The molecule has 0 spiro atoms. The van der Waals surface area contributed by atoms with Crippen LogP contribution in [0, 0.1) is 0 Å². The fourth-order valence-corrected chi connectivity index (χ4v) is 3.32. The fourth-order valence-electron chi connectivity index (χ4n) is 3.32. The number of nitrogens with zero attached hydrogens (tertiary/aromatic N) is 1. The molecule has 1 aliphatic heterocycles. The lowest BCUT2D eigenvalue weighted by atomic mass is 10.1. The van der Waals surface area contributed by atoms with Crippen LogP contribution in [-0.2, 0) is 4.79 Å². The molecule has 3 N–H and O–H groups in total. The van der Waals surface area contributed by atoms with Crippen LogP contribution in [0.5, 0.6) is 17.2 Å². The number of hydrogen-bond donors (Lipinski definition) is 3. The lowest BCUT2D eigenvalue weighted by Gasteiger charge is -2.11. The largest absolute Gasteiger partial charge is 0.495 e. The van der Waals surface area contributed by atoms with Crippen molar-refractivity contribution in [1.29, 1.82) is 0 Å². The van der Waals surface area contributed by atoms with Gasteiger partial charge in [-0.25, -0.2) is 0 Å². The molecular weight excluding hydrogens is 400 g/mol.